The number of ketones is 1. The van der Waals surface area contributed by atoms with Crippen molar-refractivity contribution in [3.8, 4) is 0 Å². The zero-order chi connectivity index (χ0) is 18.0. The minimum absolute atomic E-state index is 0.216. The number of nitrogens with zero attached hydrogens (tertiary/aromatic N) is 1. The highest BCUT2D eigenvalue weighted by molar-refractivity contribution is 6.15. The van der Waals surface area contributed by atoms with Gasteiger partial charge in [-0.15, -0.1) is 0 Å². The third kappa shape index (κ3) is 3.18. The summed E-state index contributed by atoms with van der Waals surface area (Å²) >= 11 is 0. The SMILES string of the molecule is CC1C(C(=O)O)CCN1C(=O)c1ccccc1C(=O)c1ccccc1. The van der Waals surface area contributed by atoms with Gasteiger partial charge in [0.25, 0.3) is 5.91 Å². The molecule has 0 aromatic heterocycles. The van der Waals surface area contributed by atoms with Crippen LogP contribution < -0.4 is 0 Å². The van der Waals surface area contributed by atoms with Crippen LogP contribution in [-0.2, 0) is 4.79 Å². The molecule has 0 aliphatic carbocycles. The lowest BCUT2D eigenvalue weighted by Gasteiger charge is -2.24. The molecule has 25 heavy (non-hydrogen) atoms. The van der Waals surface area contributed by atoms with Gasteiger partial charge in [-0.3, -0.25) is 14.4 Å². The van der Waals surface area contributed by atoms with Gasteiger partial charge < -0.3 is 10.0 Å². The summed E-state index contributed by atoms with van der Waals surface area (Å²) in [6, 6.07) is 15.1. The number of carbonyl (C=O) groups excluding carboxylic acids is 2. The van der Waals surface area contributed by atoms with Crippen LogP contribution in [0.4, 0.5) is 0 Å². The fraction of sp³-hybridized carbons (Fsp3) is 0.250. The van der Waals surface area contributed by atoms with Crippen molar-refractivity contribution in [1.29, 1.82) is 0 Å². The molecule has 1 N–H and O–H groups in total. The molecule has 2 unspecified atom stereocenters. The Morgan fingerprint density at radius 2 is 1.56 bits per heavy atom. The molecule has 1 fully saturated rings. The van der Waals surface area contributed by atoms with E-state index in [9.17, 15) is 19.5 Å². The molecule has 1 aliphatic heterocycles. The van der Waals surface area contributed by atoms with Crippen molar-refractivity contribution in [1.82, 2.24) is 4.90 Å². The number of carboxylic acids is 1. The van der Waals surface area contributed by atoms with Crippen molar-refractivity contribution in [2.75, 3.05) is 6.54 Å². The minimum atomic E-state index is -0.892. The zero-order valence-corrected chi connectivity index (χ0v) is 13.9. The van der Waals surface area contributed by atoms with E-state index in [1.807, 2.05) is 6.07 Å². The first-order chi connectivity index (χ1) is 12.0. The number of benzene rings is 2. The van der Waals surface area contributed by atoms with Crippen molar-refractivity contribution < 1.29 is 19.5 Å². The highest BCUT2D eigenvalue weighted by Gasteiger charge is 2.39. The lowest BCUT2D eigenvalue weighted by Crippen LogP contribution is -2.38. The summed E-state index contributed by atoms with van der Waals surface area (Å²) in [7, 11) is 0. The van der Waals surface area contributed by atoms with Crippen molar-refractivity contribution in [2.45, 2.75) is 19.4 Å². The fourth-order valence-electron chi connectivity index (χ4n) is 3.32. The Labute approximate surface area is 145 Å². The normalized spacial score (nSPS) is 19.6. The summed E-state index contributed by atoms with van der Waals surface area (Å²) in [4.78, 5) is 38.6. The third-order valence-electron chi connectivity index (χ3n) is 4.77. The van der Waals surface area contributed by atoms with Crippen LogP contribution in [-0.4, -0.2) is 40.3 Å². The predicted molar refractivity (Wildman–Crippen MR) is 92.6 cm³/mol. The van der Waals surface area contributed by atoms with Gasteiger partial charge in [0.2, 0.25) is 0 Å². The Morgan fingerprint density at radius 1 is 0.960 bits per heavy atom. The molecule has 2 aromatic rings. The number of hydrogen-bond donors (Lipinski definition) is 1. The van der Waals surface area contributed by atoms with Gasteiger partial charge in [0, 0.05) is 23.7 Å². The Balaban J connectivity index is 1.92. The lowest BCUT2D eigenvalue weighted by molar-refractivity contribution is -0.142. The molecule has 0 spiro atoms. The van der Waals surface area contributed by atoms with Crippen LogP contribution in [0.5, 0.6) is 0 Å². The zero-order valence-electron chi connectivity index (χ0n) is 13.9. The average molecular weight is 337 g/mol. The van der Waals surface area contributed by atoms with Crippen LogP contribution in [0.1, 0.15) is 39.6 Å². The van der Waals surface area contributed by atoms with Crippen LogP contribution in [0.15, 0.2) is 54.6 Å². The van der Waals surface area contributed by atoms with Crippen LogP contribution >= 0.6 is 0 Å². The molecule has 1 amide bonds. The van der Waals surface area contributed by atoms with E-state index >= 15 is 0 Å². The van der Waals surface area contributed by atoms with E-state index < -0.39 is 17.9 Å². The van der Waals surface area contributed by atoms with Crippen molar-refractivity contribution in [2.24, 2.45) is 5.92 Å². The number of aliphatic carboxylic acids is 1. The van der Waals surface area contributed by atoms with Gasteiger partial charge >= 0.3 is 5.97 Å². The molecule has 5 heteroatoms. The van der Waals surface area contributed by atoms with E-state index in [4.69, 9.17) is 0 Å². The molecule has 3 rings (SSSR count). The predicted octanol–water partition coefficient (Wildman–Crippen LogP) is 2.85. The number of rotatable bonds is 4. The minimum Gasteiger partial charge on any atom is -0.481 e. The second-order valence-electron chi connectivity index (χ2n) is 6.21. The number of carbonyl (C=O) groups is 3. The molecule has 0 radical (unpaired) electrons. The quantitative estimate of drug-likeness (QED) is 0.871. The van der Waals surface area contributed by atoms with Crippen molar-refractivity contribution in [3.05, 3.63) is 71.3 Å². The van der Waals surface area contributed by atoms with Gasteiger partial charge in [-0.1, -0.05) is 48.5 Å². The van der Waals surface area contributed by atoms with Crippen molar-refractivity contribution >= 4 is 17.7 Å². The number of likely N-dealkylation sites (tertiary alicyclic amines) is 1. The average Bonchev–Trinajstić information content (AvgIpc) is 3.03. The van der Waals surface area contributed by atoms with E-state index in [2.05, 4.69) is 0 Å². The maximum atomic E-state index is 13.0. The largest absolute Gasteiger partial charge is 0.481 e. The second kappa shape index (κ2) is 6.89. The topological polar surface area (TPSA) is 74.7 Å². The standard InChI is InChI=1S/C20H19NO4/c1-13-15(20(24)25)11-12-21(13)19(23)17-10-6-5-9-16(17)18(22)14-7-3-2-4-8-14/h2-10,13,15H,11-12H2,1H3,(H,24,25). The summed E-state index contributed by atoms with van der Waals surface area (Å²) < 4.78 is 0. The molecule has 0 saturated carbocycles. The summed E-state index contributed by atoms with van der Waals surface area (Å²) in [5.74, 6) is -1.97. The first-order valence-electron chi connectivity index (χ1n) is 8.23. The van der Waals surface area contributed by atoms with Gasteiger partial charge in [-0.05, 0) is 19.4 Å². The molecule has 1 heterocycles. The van der Waals surface area contributed by atoms with Gasteiger partial charge in [0.15, 0.2) is 5.78 Å². The molecule has 1 aliphatic rings. The summed E-state index contributed by atoms with van der Waals surface area (Å²) in [6.07, 6.45) is 0.428. The van der Waals surface area contributed by atoms with Gasteiger partial charge in [-0.2, -0.15) is 0 Å². The van der Waals surface area contributed by atoms with Gasteiger partial charge in [0.1, 0.15) is 0 Å². The van der Waals surface area contributed by atoms with E-state index in [-0.39, 0.29) is 11.7 Å². The van der Waals surface area contributed by atoms with Crippen LogP contribution in [0.3, 0.4) is 0 Å². The summed E-state index contributed by atoms with van der Waals surface area (Å²) in [5.41, 5.74) is 1.17. The molecular formula is C20H19NO4. The van der Waals surface area contributed by atoms with Crippen LogP contribution in [0.25, 0.3) is 0 Å². The first-order valence-corrected chi connectivity index (χ1v) is 8.23. The molecule has 5 nitrogen and oxygen atoms in total. The second-order valence-corrected chi connectivity index (χ2v) is 6.21. The monoisotopic (exact) mass is 337 g/mol. The Hall–Kier alpha value is -2.95. The Kier molecular flexibility index (Phi) is 4.65. The Bertz CT molecular complexity index is 815. The molecule has 2 aromatic carbocycles. The van der Waals surface area contributed by atoms with E-state index in [1.54, 1.807) is 60.4 Å². The summed E-state index contributed by atoms with van der Waals surface area (Å²) in [5, 5.41) is 9.25. The number of hydrogen-bond acceptors (Lipinski definition) is 3. The van der Waals surface area contributed by atoms with E-state index in [1.165, 1.54) is 0 Å². The van der Waals surface area contributed by atoms with Gasteiger partial charge in [-0.25, -0.2) is 0 Å². The lowest BCUT2D eigenvalue weighted by atomic mass is 9.97. The maximum absolute atomic E-state index is 13.0. The van der Waals surface area contributed by atoms with E-state index in [0.717, 1.165) is 0 Å². The van der Waals surface area contributed by atoms with Crippen molar-refractivity contribution in [3.63, 3.8) is 0 Å². The highest BCUT2D eigenvalue weighted by Crippen LogP contribution is 2.27. The first kappa shape index (κ1) is 16.9. The summed E-state index contributed by atoms with van der Waals surface area (Å²) in [6.45, 7) is 2.12. The molecule has 1 saturated heterocycles. The molecule has 128 valence electrons. The van der Waals surface area contributed by atoms with Gasteiger partial charge in [0.05, 0.1) is 11.5 Å². The van der Waals surface area contributed by atoms with Crippen LogP contribution in [0, 0.1) is 5.92 Å². The van der Waals surface area contributed by atoms with Crippen LogP contribution in [0.2, 0.25) is 0 Å². The molecule has 2 atom stereocenters. The number of carboxylic acid groups (broad SMARTS) is 1. The Morgan fingerprint density at radius 3 is 2.16 bits per heavy atom. The van der Waals surface area contributed by atoms with E-state index in [0.29, 0.717) is 29.7 Å². The molecular weight excluding hydrogens is 318 g/mol. The smallest absolute Gasteiger partial charge is 0.308 e. The highest BCUT2D eigenvalue weighted by atomic mass is 16.4. The fourth-order valence-corrected chi connectivity index (χ4v) is 3.32. The maximum Gasteiger partial charge on any atom is 0.308 e. The molecule has 0 bridgehead atoms. The third-order valence-corrected chi connectivity index (χ3v) is 4.77. The number of amides is 1.